The second-order valence-corrected chi connectivity index (χ2v) is 5.41. The average Bonchev–Trinajstić information content (AvgIpc) is 2.34. The SMILES string of the molecule is CC(C)C(NC(=O)/C=C/c1ccc(Cl)cc1Cl)C(=O)O. The van der Waals surface area contributed by atoms with Gasteiger partial charge in [-0.25, -0.2) is 4.79 Å². The van der Waals surface area contributed by atoms with E-state index in [2.05, 4.69) is 5.32 Å². The number of aliphatic carboxylic acids is 1. The second kappa shape index (κ2) is 7.31. The van der Waals surface area contributed by atoms with Crippen molar-refractivity contribution in [3.05, 3.63) is 39.9 Å². The average molecular weight is 316 g/mol. The van der Waals surface area contributed by atoms with Crippen LogP contribution in [0.2, 0.25) is 10.0 Å². The zero-order chi connectivity index (χ0) is 15.3. The van der Waals surface area contributed by atoms with Gasteiger partial charge in [-0.15, -0.1) is 0 Å². The lowest BCUT2D eigenvalue weighted by atomic mass is 10.0. The Balaban J connectivity index is 2.75. The number of carbonyl (C=O) groups excluding carboxylic acids is 1. The van der Waals surface area contributed by atoms with Crippen molar-refractivity contribution in [3.8, 4) is 0 Å². The van der Waals surface area contributed by atoms with Gasteiger partial charge in [0.2, 0.25) is 5.91 Å². The first-order valence-corrected chi connectivity index (χ1v) is 6.73. The quantitative estimate of drug-likeness (QED) is 0.820. The smallest absolute Gasteiger partial charge is 0.326 e. The molecule has 2 N–H and O–H groups in total. The Bertz CT molecular complexity index is 541. The molecule has 1 amide bonds. The van der Waals surface area contributed by atoms with E-state index in [0.717, 1.165) is 0 Å². The minimum absolute atomic E-state index is 0.205. The van der Waals surface area contributed by atoms with Gasteiger partial charge in [0.1, 0.15) is 6.04 Å². The highest BCUT2D eigenvalue weighted by Crippen LogP contribution is 2.21. The van der Waals surface area contributed by atoms with E-state index >= 15 is 0 Å². The van der Waals surface area contributed by atoms with Gasteiger partial charge >= 0.3 is 5.97 Å². The Morgan fingerprint density at radius 3 is 2.45 bits per heavy atom. The van der Waals surface area contributed by atoms with E-state index in [-0.39, 0.29) is 5.92 Å². The maximum atomic E-state index is 11.7. The highest BCUT2D eigenvalue weighted by molar-refractivity contribution is 6.35. The molecule has 108 valence electrons. The summed E-state index contributed by atoms with van der Waals surface area (Å²) in [7, 11) is 0. The van der Waals surface area contributed by atoms with E-state index in [9.17, 15) is 9.59 Å². The number of halogens is 2. The molecule has 1 atom stereocenters. The number of benzene rings is 1. The lowest BCUT2D eigenvalue weighted by molar-refractivity contribution is -0.142. The molecule has 20 heavy (non-hydrogen) atoms. The molecule has 0 radical (unpaired) electrons. The standard InChI is InChI=1S/C14H15Cl2NO3/c1-8(2)13(14(19)20)17-12(18)6-4-9-3-5-10(15)7-11(9)16/h3-8,13H,1-2H3,(H,17,18)(H,19,20)/b6-4+. The molecule has 0 heterocycles. The van der Waals surface area contributed by atoms with Crippen LogP contribution in [0.3, 0.4) is 0 Å². The highest BCUT2D eigenvalue weighted by Gasteiger charge is 2.22. The van der Waals surface area contributed by atoms with Crippen molar-refractivity contribution in [1.29, 1.82) is 0 Å². The molecule has 0 fully saturated rings. The topological polar surface area (TPSA) is 66.4 Å². The highest BCUT2D eigenvalue weighted by atomic mass is 35.5. The Hall–Kier alpha value is -1.52. The van der Waals surface area contributed by atoms with Crippen molar-refractivity contribution < 1.29 is 14.7 Å². The summed E-state index contributed by atoms with van der Waals surface area (Å²) < 4.78 is 0. The lowest BCUT2D eigenvalue weighted by Gasteiger charge is -2.16. The van der Waals surface area contributed by atoms with Gasteiger partial charge in [0.05, 0.1) is 0 Å². The molecule has 0 saturated heterocycles. The molecule has 1 aromatic carbocycles. The molecule has 1 aromatic rings. The van der Waals surface area contributed by atoms with Crippen molar-refractivity contribution in [2.75, 3.05) is 0 Å². The molecule has 0 aliphatic carbocycles. The molecule has 4 nitrogen and oxygen atoms in total. The molecular weight excluding hydrogens is 301 g/mol. The molecule has 0 saturated carbocycles. The van der Waals surface area contributed by atoms with Gasteiger partial charge in [-0.05, 0) is 29.7 Å². The fourth-order valence-corrected chi connectivity index (χ4v) is 1.99. The van der Waals surface area contributed by atoms with Crippen LogP contribution < -0.4 is 5.32 Å². The van der Waals surface area contributed by atoms with E-state index in [0.29, 0.717) is 15.6 Å². The van der Waals surface area contributed by atoms with Gasteiger partial charge in [0.15, 0.2) is 0 Å². The molecule has 6 heteroatoms. The number of carboxylic acids is 1. The number of hydrogen-bond acceptors (Lipinski definition) is 2. The zero-order valence-corrected chi connectivity index (χ0v) is 12.6. The van der Waals surface area contributed by atoms with E-state index in [4.69, 9.17) is 28.3 Å². The van der Waals surface area contributed by atoms with E-state index in [1.54, 1.807) is 32.0 Å². The fraction of sp³-hybridized carbons (Fsp3) is 0.286. The first-order valence-electron chi connectivity index (χ1n) is 5.97. The first kappa shape index (κ1) is 16.5. The van der Waals surface area contributed by atoms with Gasteiger partial charge in [-0.1, -0.05) is 43.1 Å². The van der Waals surface area contributed by atoms with Crippen LogP contribution in [0.5, 0.6) is 0 Å². The summed E-state index contributed by atoms with van der Waals surface area (Å²) in [4.78, 5) is 22.7. The summed E-state index contributed by atoms with van der Waals surface area (Å²) in [6.45, 7) is 3.44. The Morgan fingerprint density at radius 1 is 1.30 bits per heavy atom. The molecule has 0 aromatic heterocycles. The minimum Gasteiger partial charge on any atom is -0.480 e. The number of hydrogen-bond donors (Lipinski definition) is 2. The number of amides is 1. The predicted molar refractivity (Wildman–Crippen MR) is 79.9 cm³/mol. The van der Waals surface area contributed by atoms with Crippen LogP contribution in [0.25, 0.3) is 6.08 Å². The lowest BCUT2D eigenvalue weighted by Crippen LogP contribution is -2.43. The van der Waals surface area contributed by atoms with Crippen LogP contribution >= 0.6 is 23.2 Å². The van der Waals surface area contributed by atoms with Gasteiger partial charge < -0.3 is 10.4 Å². The molecule has 1 unspecified atom stereocenters. The minimum atomic E-state index is -1.06. The van der Waals surface area contributed by atoms with Crippen molar-refractivity contribution in [2.45, 2.75) is 19.9 Å². The van der Waals surface area contributed by atoms with Gasteiger partial charge in [-0.2, -0.15) is 0 Å². The van der Waals surface area contributed by atoms with Gasteiger partial charge in [0.25, 0.3) is 0 Å². The van der Waals surface area contributed by atoms with Gasteiger partial charge in [0, 0.05) is 16.1 Å². The fourth-order valence-electron chi connectivity index (χ4n) is 1.52. The van der Waals surface area contributed by atoms with Crippen LogP contribution in [0.4, 0.5) is 0 Å². The second-order valence-electron chi connectivity index (χ2n) is 4.57. The van der Waals surface area contributed by atoms with Crippen molar-refractivity contribution in [1.82, 2.24) is 5.32 Å². The van der Waals surface area contributed by atoms with Crippen LogP contribution in [-0.2, 0) is 9.59 Å². The summed E-state index contributed by atoms with van der Waals surface area (Å²) >= 11 is 11.7. The van der Waals surface area contributed by atoms with Gasteiger partial charge in [-0.3, -0.25) is 4.79 Å². The Labute approximate surface area is 127 Å². The third-order valence-corrected chi connectivity index (χ3v) is 3.17. The van der Waals surface area contributed by atoms with Crippen LogP contribution in [0.1, 0.15) is 19.4 Å². The normalized spacial score (nSPS) is 12.7. The van der Waals surface area contributed by atoms with Crippen LogP contribution in [0, 0.1) is 5.92 Å². The van der Waals surface area contributed by atoms with E-state index in [1.165, 1.54) is 12.2 Å². The monoisotopic (exact) mass is 315 g/mol. The van der Waals surface area contributed by atoms with Crippen molar-refractivity contribution in [2.24, 2.45) is 5.92 Å². The summed E-state index contributed by atoms with van der Waals surface area (Å²) in [6, 6.07) is 3.97. The Morgan fingerprint density at radius 2 is 1.95 bits per heavy atom. The largest absolute Gasteiger partial charge is 0.480 e. The third kappa shape index (κ3) is 4.87. The summed E-state index contributed by atoms with van der Waals surface area (Å²) in [6.07, 6.45) is 2.75. The van der Waals surface area contributed by atoms with Crippen LogP contribution in [0.15, 0.2) is 24.3 Å². The molecule has 1 rings (SSSR count). The van der Waals surface area contributed by atoms with E-state index < -0.39 is 17.9 Å². The Kier molecular flexibility index (Phi) is 6.05. The molecular formula is C14H15Cl2NO3. The maximum Gasteiger partial charge on any atom is 0.326 e. The number of nitrogens with one attached hydrogen (secondary N) is 1. The van der Waals surface area contributed by atoms with E-state index in [1.807, 2.05) is 0 Å². The number of carbonyl (C=O) groups is 2. The van der Waals surface area contributed by atoms with Crippen molar-refractivity contribution in [3.63, 3.8) is 0 Å². The third-order valence-electron chi connectivity index (χ3n) is 2.61. The summed E-state index contributed by atoms with van der Waals surface area (Å²) in [5, 5.41) is 12.3. The first-order chi connectivity index (χ1) is 9.31. The zero-order valence-electron chi connectivity index (χ0n) is 11.1. The predicted octanol–water partition coefficient (Wildman–Crippen LogP) is 3.23. The maximum absolute atomic E-state index is 11.7. The molecule has 0 spiro atoms. The number of rotatable bonds is 5. The molecule has 0 aliphatic rings. The number of carboxylic acid groups (broad SMARTS) is 1. The summed E-state index contributed by atoms with van der Waals surface area (Å²) in [5.74, 6) is -1.76. The van der Waals surface area contributed by atoms with Crippen molar-refractivity contribution >= 4 is 41.2 Å². The molecule has 0 bridgehead atoms. The molecule has 0 aliphatic heterocycles. The summed E-state index contributed by atoms with van der Waals surface area (Å²) in [5.41, 5.74) is 0.627. The van der Waals surface area contributed by atoms with Crippen LogP contribution in [-0.4, -0.2) is 23.0 Å².